The molecule has 0 atom stereocenters. The Morgan fingerprint density at radius 2 is 1.71 bits per heavy atom. The molecular weight excluding hydrogens is 230 g/mol. The van der Waals surface area contributed by atoms with Crippen molar-refractivity contribution in [3.63, 3.8) is 0 Å². The summed E-state index contributed by atoms with van der Waals surface area (Å²) in [5, 5.41) is 8.70. The van der Waals surface area contributed by atoms with Crippen LogP contribution >= 0.6 is 11.8 Å². The molecule has 0 aliphatic heterocycles. The Bertz CT molecular complexity index is 477. The van der Waals surface area contributed by atoms with Crippen molar-refractivity contribution < 1.29 is 0 Å². The lowest BCUT2D eigenvalue weighted by atomic mass is 10.0. The minimum absolute atomic E-state index is 0.449. The Balaban J connectivity index is 2.11. The Labute approximate surface area is 105 Å². The van der Waals surface area contributed by atoms with Crippen LogP contribution in [0.1, 0.15) is 25.3 Å². The zero-order valence-electron chi connectivity index (χ0n) is 9.92. The van der Waals surface area contributed by atoms with Gasteiger partial charge >= 0.3 is 0 Å². The van der Waals surface area contributed by atoms with Crippen molar-refractivity contribution in [2.45, 2.75) is 29.7 Å². The van der Waals surface area contributed by atoms with Gasteiger partial charge in [0.2, 0.25) is 0 Å². The Morgan fingerprint density at radius 3 is 2.24 bits per heavy atom. The van der Waals surface area contributed by atoms with Gasteiger partial charge in [-0.1, -0.05) is 37.7 Å². The molecular formula is C13H15N3S. The second kappa shape index (κ2) is 5.19. The summed E-state index contributed by atoms with van der Waals surface area (Å²) in [5.74, 6) is 1.01. The van der Waals surface area contributed by atoms with Gasteiger partial charge in [0.15, 0.2) is 0 Å². The van der Waals surface area contributed by atoms with Crippen LogP contribution in [-0.2, 0) is 0 Å². The third-order valence-corrected chi connectivity index (χ3v) is 3.36. The summed E-state index contributed by atoms with van der Waals surface area (Å²) in [7, 11) is 0. The molecule has 0 saturated heterocycles. The lowest BCUT2D eigenvalue weighted by Gasteiger charge is -2.06. The summed E-state index contributed by atoms with van der Waals surface area (Å²) in [6, 6.07) is 12.2. The van der Waals surface area contributed by atoms with Crippen molar-refractivity contribution in [2.75, 3.05) is 5.73 Å². The van der Waals surface area contributed by atoms with Gasteiger partial charge < -0.3 is 5.73 Å². The average molecular weight is 245 g/mol. The zero-order chi connectivity index (χ0) is 12.3. The van der Waals surface area contributed by atoms with E-state index in [1.54, 1.807) is 17.8 Å². The van der Waals surface area contributed by atoms with Gasteiger partial charge in [0.25, 0.3) is 0 Å². The molecule has 1 heterocycles. The molecule has 0 unspecified atom stereocenters. The maximum atomic E-state index is 5.49. The smallest absolute Gasteiger partial charge is 0.146 e. The Morgan fingerprint density at radius 1 is 1.00 bits per heavy atom. The molecule has 1 aromatic heterocycles. The number of nitrogen functional groups attached to an aromatic ring is 1. The van der Waals surface area contributed by atoms with E-state index in [9.17, 15) is 0 Å². The van der Waals surface area contributed by atoms with Gasteiger partial charge in [0.1, 0.15) is 10.8 Å². The summed E-state index contributed by atoms with van der Waals surface area (Å²) < 4.78 is 0. The summed E-state index contributed by atoms with van der Waals surface area (Å²) in [6.07, 6.45) is 0. The Kier molecular flexibility index (Phi) is 3.64. The van der Waals surface area contributed by atoms with Crippen molar-refractivity contribution in [3.05, 3.63) is 42.0 Å². The van der Waals surface area contributed by atoms with Crippen LogP contribution in [0.25, 0.3) is 0 Å². The number of benzene rings is 1. The molecule has 0 spiro atoms. The summed E-state index contributed by atoms with van der Waals surface area (Å²) in [6.45, 7) is 4.38. The van der Waals surface area contributed by atoms with Gasteiger partial charge in [-0.15, -0.1) is 10.2 Å². The summed E-state index contributed by atoms with van der Waals surface area (Å²) in [5.41, 5.74) is 6.84. The zero-order valence-corrected chi connectivity index (χ0v) is 10.7. The largest absolute Gasteiger partial charge is 0.382 e. The first-order valence-electron chi connectivity index (χ1n) is 5.52. The molecule has 0 saturated carbocycles. The number of nitrogens with two attached hydrogens (primary N) is 1. The van der Waals surface area contributed by atoms with Gasteiger partial charge in [0.05, 0.1) is 0 Å². The van der Waals surface area contributed by atoms with Crippen LogP contribution in [0.5, 0.6) is 0 Å². The van der Waals surface area contributed by atoms with Gasteiger partial charge in [-0.3, -0.25) is 0 Å². The first-order chi connectivity index (χ1) is 8.15. The maximum absolute atomic E-state index is 5.49. The predicted octanol–water partition coefficient (Wildman–Crippen LogP) is 3.33. The van der Waals surface area contributed by atoms with Crippen LogP contribution in [0.3, 0.4) is 0 Å². The third-order valence-electron chi connectivity index (χ3n) is 2.43. The molecule has 2 rings (SSSR count). The van der Waals surface area contributed by atoms with E-state index in [1.807, 2.05) is 6.07 Å². The lowest BCUT2D eigenvalue weighted by Crippen LogP contribution is -1.92. The van der Waals surface area contributed by atoms with E-state index >= 15 is 0 Å². The van der Waals surface area contributed by atoms with Crippen molar-refractivity contribution in [1.82, 2.24) is 10.2 Å². The molecule has 4 heteroatoms. The van der Waals surface area contributed by atoms with Gasteiger partial charge in [-0.05, 0) is 35.7 Å². The van der Waals surface area contributed by atoms with Gasteiger partial charge in [-0.2, -0.15) is 0 Å². The van der Waals surface area contributed by atoms with Crippen molar-refractivity contribution in [1.29, 1.82) is 0 Å². The van der Waals surface area contributed by atoms with E-state index in [2.05, 4.69) is 48.3 Å². The number of hydrogen-bond acceptors (Lipinski definition) is 4. The van der Waals surface area contributed by atoms with Crippen LogP contribution in [-0.4, -0.2) is 10.2 Å². The van der Waals surface area contributed by atoms with E-state index < -0.39 is 0 Å². The SMILES string of the molecule is CC(C)c1ccc(Sc2ccc(N)nn2)cc1. The highest BCUT2D eigenvalue weighted by atomic mass is 32.2. The van der Waals surface area contributed by atoms with Gasteiger partial charge in [0, 0.05) is 4.90 Å². The maximum Gasteiger partial charge on any atom is 0.146 e. The van der Waals surface area contributed by atoms with Crippen LogP contribution in [0.4, 0.5) is 5.82 Å². The highest BCUT2D eigenvalue weighted by molar-refractivity contribution is 7.99. The fourth-order valence-electron chi connectivity index (χ4n) is 1.43. The second-order valence-electron chi connectivity index (χ2n) is 4.12. The number of nitrogens with zero attached hydrogens (tertiary/aromatic N) is 2. The van der Waals surface area contributed by atoms with E-state index in [0.717, 1.165) is 9.92 Å². The fraction of sp³-hybridized carbons (Fsp3) is 0.231. The fourth-order valence-corrected chi connectivity index (χ4v) is 2.16. The topological polar surface area (TPSA) is 51.8 Å². The molecule has 1 aromatic carbocycles. The highest BCUT2D eigenvalue weighted by Crippen LogP contribution is 2.27. The summed E-state index contributed by atoms with van der Waals surface area (Å²) >= 11 is 1.59. The first-order valence-corrected chi connectivity index (χ1v) is 6.34. The molecule has 0 amide bonds. The summed E-state index contributed by atoms with van der Waals surface area (Å²) in [4.78, 5) is 1.16. The van der Waals surface area contributed by atoms with Gasteiger partial charge in [-0.25, -0.2) is 0 Å². The molecule has 0 aliphatic carbocycles. The number of aromatic nitrogens is 2. The second-order valence-corrected chi connectivity index (χ2v) is 5.22. The molecule has 0 bridgehead atoms. The number of hydrogen-bond donors (Lipinski definition) is 1. The average Bonchev–Trinajstić information content (AvgIpc) is 2.33. The minimum Gasteiger partial charge on any atom is -0.382 e. The van der Waals surface area contributed by atoms with Crippen LogP contribution in [0, 0.1) is 0 Å². The van der Waals surface area contributed by atoms with E-state index in [1.165, 1.54) is 5.56 Å². The van der Waals surface area contributed by atoms with E-state index in [4.69, 9.17) is 5.73 Å². The van der Waals surface area contributed by atoms with Crippen molar-refractivity contribution in [3.8, 4) is 0 Å². The standard InChI is InChI=1S/C13H15N3S/c1-9(2)10-3-5-11(6-4-10)17-13-8-7-12(14)15-16-13/h3-9H,1-2H3,(H2,14,15). The van der Waals surface area contributed by atoms with Crippen molar-refractivity contribution in [2.24, 2.45) is 0 Å². The van der Waals surface area contributed by atoms with E-state index in [-0.39, 0.29) is 0 Å². The molecule has 2 N–H and O–H groups in total. The van der Waals surface area contributed by atoms with Crippen LogP contribution in [0.15, 0.2) is 46.3 Å². The minimum atomic E-state index is 0.449. The lowest BCUT2D eigenvalue weighted by molar-refractivity contribution is 0.864. The molecule has 0 aliphatic rings. The van der Waals surface area contributed by atoms with Crippen molar-refractivity contribution >= 4 is 17.6 Å². The molecule has 0 radical (unpaired) electrons. The monoisotopic (exact) mass is 245 g/mol. The Hall–Kier alpha value is -1.55. The highest BCUT2D eigenvalue weighted by Gasteiger charge is 2.02. The van der Waals surface area contributed by atoms with E-state index in [0.29, 0.717) is 11.7 Å². The molecule has 88 valence electrons. The third kappa shape index (κ3) is 3.20. The van der Waals surface area contributed by atoms with Crippen LogP contribution in [0.2, 0.25) is 0 Å². The number of rotatable bonds is 3. The number of anilines is 1. The quantitative estimate of drug-likeness (QED) is 0.901. The molecule has 0 fully saturated rings. The molecule has 3 nitrogen and oxygen atoms in total. The van der Waals surface area contributed by atoms with Crippen LogP contribution < -0.4 is 5.73 Å². The first kappa shape index (κ1) is 11.9. The molecule has 17 heavy (non-hydrogen) atoms. The predicted molar refractivity (Wildman–Crippen MR) is 71.1 cm³/mol. The molecule has 2 aromatic rings. The normalized spacial score (nSPS) is 10.8.